The van der Waals surface area contributed by atoms with Crippen molar-refractivity contribution >= 4 is 71.9 Å². The summed E-state index contributed by atoms with van der Waals surface area (Å²) in [6, 6.07) is 39.2. The highest BCUT2D eigenvalue weighted by molar-refractivity contribution is 6.19. The van der Waals surface area contributed by atoms with Gasteiger partial charge in [-0.05, 0) is 111 Å². The van der Waals surface area contributed by atoms with Gasteiger partial charge in [-0.25, -0.2) is 0 Å². The number of hydrogen-bond donors (Lipinski definition) is 0. The zero-order valence-corrected chi connectivity index (χ0v) is 25.3. The smallest absolute Gasteiger partial charge is 0.178 e. The highest BCUT2D eigenvalue weighted by atomic mass is 16.4. The van der Waals surface area contributed by atoms with Crippen molar-refractivity contribution in [3.8, 4) is 11.1 Å². The van der Waals surface area contributed by atoms with E-state index in [1.807, 2.05) is 12.1 Å². The van der Waals surface area contributed by atoms with Crippen molar-refractivity contribution < 1.29 is 8.83 Å². The van der Waals surface area contributed by atoms with Crippen molar-refractivity contribution in [2.75, 3.05) is 0 Å². The molecule has 2 heterocycles. The molecule has 6 aromatic carbocycles. The van der Waals surface area contributed by atoms with E-state index in [9.17, 15) is 0 Å². The molecule has 0 aliphatic heterocycles. The molecule has 2 aromatic heterocycles. The van der Waals surface area contributed by atoms with Crippen LogP contribution in [-0.2, 0) is 6.42 Å². The van der Waals surface area contributed by atoms with Crippen LogP contribution in [0.2, 0.25) is 0 Å². The minimum Gasteiger partial charge on any atom is -0.452 e. The lowest BCUT2D eigenvalue weighted by Gasteiger charge is -2.25. The summed E-state index contributed by atoms with van der Waals surface area (Å²) >= 11 is 0. The molecule has 10 rings (SSSR count). The van der Waals surface area contributed by atoms with Gasteiger partial charge in [0.05, 0.1) is 0 Å². The minimum atomic E-state index is 0.816. The van der Waals surface area contributed by atoms with Crippen LogP contribution in [0.5, 0.6) is 0 Å². The number of fused-ring (bicyclic) bond motifs is 9. The maximum atomic E-state index is 6.51. The normalized spacial score (nSPS) is 14.8. The van der Waals surface area contributed by atoms with E-state index in [0.717, 1.165) is 69.6 Å². The van der Waals surface area contributed by atoms with Gasteiger partial charge in [-0.1, -0.05) is 103 Å². The zero-order valence-electron chi connectivity index (χ0n) is 25.3. The van der Waals surface area contributed by atoms with Gasteiger partial charge < -0.3 is 8.83 Å². The Morgan fingerprint density at radius 3 is 2.02 bits per heavy atom. The lowest BCUT2D eigenvalue weighted by molar-refractivity contribution is 0.633. The number of furan rings is 2. The van der Waals surface area contributed by atoms with Crippen molar-refractivity contribution in [2.24, 2.45) is 0 Å². The van der Waals surface area contributed by atoms with E-state index in [4.69, 9.17) is 8.83 Å². The summed E-state index contributed by atoms with van der Waals surface area (Å²) in [5, 5.41) is 7.02. The quantitative estimate of drug-likeness (QED) is 0.205. The van der Waals surface area contributed by atoms with E-state index in [0.29, 0.717) is 0 Å². The molecular formula is C44H30O2. The summed E-state index contributed by atoms with van der Waals surface area (Å²) in [6.07, 6.45) is 13.8. The average molecular weight is 591 g/mol. The summed E-state index contributed by atoms with van der Waals surface area (Å²) in [7, 11) is 0. The van der Waals surface area contributed by atoms with Crippen LogP contribution in [0.3, 0.4) is 0 Å². The number of para-hydroxylation sites is 1. The lowest BCUT2D eigenvalue weighted by atomic mass is 9.78. The summed E-state index contributed by atoms with van der Waals surface area (Å²) in [4.78, 5) is 0. The van der Waals surface area contributed by atoms with Crippen LogP contribution in [0.1, 0.15) is 41.5 Å². The minimum absolute atomic E-state index is 0.816. The first-order valence-electron chi connectivity index (χ1n) is 16.3. The van der Waals surface area contributed by atoms with Crippen molar-refractivity contribution in [1.82, 2.24) is 0 Å². The van der Waals surface area contributed by atoms with E-state index in [1.165, 1.54) is 55.3 Å². The molecule has 8 aromatic rings. The Kier molecular flexibility index (Phi) is 5.56. The molecule has 0 spiro atoms. The summed E-state index contributed by atoms with van der Waals surface area (Å²) < 4.78 is 12.8. The lowest BCUT2D eigenvalue weighted by Crippen LogP contribution is -2.05. The summed E-state index contributed by atoms with van der Waals surface area (Å²) in [5.74, 6) is 0. The number of rotatable bonds is 3. The third-order valence-electron chi connectivity index (χ3n) is 10.0. The van der Waals surface area contributed by atoms with Gasteiger partial charge in [0.25, 0.3) is 0 Å². The second-order valence-electron chi connectivity index (χ2n) is 12.6. The maximum absolute atomic E-state index is 6.51. The Morgan fingerprint density at radius 2 is 1.20 bits per heavy atom. The van der Waals surface area contributed by atoms with E-state index >= 15 is 0 Å². The molecule has 2 nitrogen and oxygen atoms in total. The Morgan fingerprint density at radius 1 is 0.500 bits per heavy atom. The van der Waals surface area contributed by atoms with Crippen molar-refractivity contribution in [3.05, 3.63) is 150 Å². The van der Waals surface area contributed by atoms with Gasteiger partial charge in [0.1, 0.15) is 11.2 Å². The molecule has 46 heavy (non-hydrogen) atoms. The average Bonchev–Trinajstić information content (AvgIpc) is 3.69. The molecule has 0 saturated heterocycles. The molecule has 0 fully saturated rings. The Hall–Kier alpha value is -5.60. The Labute approximate surface area is 266 Å². The van der Waals surface area contributed by atoms with Crippen molar-refractivity contribution in [1.29, 1.82) is 0 Å². The van der Waals surface area contributed by atoms with Crippen LogP contribution in [-0.4, -0.2) is 0 Å². The second kappa shape index (κ2) is 9.95. The predicted molar refractivity (Wildman–Crippen MR) is 193 cm³/mol. The number of benzene rings is 6. The zero-order chi connectivity index (χ0) is 30.2. The molecular weight excluding hydrogens is 560 g/mol. The molecule has 2 aliphatic carbocycles. The Bertz CT molecular complexity index is 2620. The van der Waals surface area contributed by atoms with Gasteiger partial charge in [-0.2, -0.15) is 0 Å². The first kappa shape index (κ1) is 25.7. The van der Waals surface area contributed by atoms with Crippen molar-refractivity contribution in [2.45, 2.75) is 25.7 Å². The molecule has 0 radical (unpaired) electrons. The van der Waals surface area contributed by atoms with E-state index in [2.05, 4.69) is 121 Å². The predicted octanol–water partition coefficient (Wildman–Crippen LogP) is 12.5. The fourth-order valence-corrected chi connectivity index (χ4v) is 7.95. The molecule has 2 aliphatic rings. The third-order valence-corrected chi connectivity index (χ3v) is 10.0. The van der Waals surface area contributed by atoms with Gasteiger partial charge in [0.15, 0.2) is 11.2 Å². The molecule has 0 atom stereocenters. The molecule has 0 saturated carbocycles. The van der Waals surface area contributed by atoms with Crippen LogP contribution in [0, 0.1) is 0 Å². The number of hydrogen-bond acceptors (Lipinski definition) is 2. The fraction of sp³-hybridized carbons (Fsp3) is 0.0909. The molecule has 0 unspecified atom stereocenters. The van der Waals surface area contributed by atoms with Gasteiger partial charge in [0, 0.05) is 21.5 Å². The molecule has 0 amide bonds. The topological polar surface area (TPSA) is 26.3 Å². The van der Waals surface area contributed by atoms with Crippen LogP contribution in [0.15, 0.2) is 136 Å². The van der Waals surface area contributed by atoms with E-state index in [-0.39, 0.29) is 0 Å². The van der Waals surface area contributed by atoms with Gasteiger partial charge in [-0.15, -0.1) is 0 Å². The largest absolute Gasteiger partial charge is 0.452 e. The molecule has 2 heteroatoms. The van der Waals surface area contributed by atoms with Crippen LogP contribution >= 0.6 is 0 Å². The highest BCUT2D eigenvalue weighted by Gasteiger charge is 2.24. The summed E-state index contributed by atoms with van der Waals surface area (Å²) in [5.41, 5.74) is 14.2. The fourth-order valence-electron chi connectivity index (χ4n) is 7.95. The van der Waals surface area contributed by atoms with E-state index < -0.39 is 0 Å². The Balaban J connectivity index is 1.20. The van der Waals surface area contributed by atoms with Crippen LogP contribution < -0.4 is 0 Å². The van der Waals surface area contributed by atoms with Crippen LogP contribution in [0.4, 0.5) is 0 Å². The van der Waals surface area contributed by atoms with Crippen molar-refractivity contribution in [3.63, 3.8) is 0 Å². The van der Waals surface area contributed by atoms with Crippen LogP contribution in [0.25, 0.3) is 83.0 Å². The molecule has 218 valence electrons. The van der Waals surface area contributed by atoms with Gasteiger partial charge in [-0.3, -0.25) is 0 Å². The van der Waals surface area contributed by atoms with Gasteiger partial charge in [0.2, 0.25) is 0 Å². The molecule has 0 bridgehead atoms. The standard InChI is InChI=1S/C44H30O2/c1-2-11-27(12-3-1)28-13-10-14-29(25-28)41-32-16-4-6-18-34(32)42(35-19-7-5-17-33(35)41)30-21-24-40-38(26-30)37-23-22-36-31-15-8-9-20-39(31)45-43(36)44(37)46-40/h1-6,8-9,11-12,14-18,20-26H,7,10,13,19H2. The second-order valence-corrected chi connectivity index (χ2v) is 12.6. The SMILES string of the molecule is C1=Cc2c(c(-c3ccc4oc5c(ccc6c7ccccc7oc65)c4c3)c3ccccc3c2C2=CCCC(c3ccccc3)=C2)CC1. The summed E-state index contributed by atoms with van der Waals surface area (Å²) in [6.45, 7) is 0. The highest BCUT2D eigenvalue weighted by Crippen LogP contribution is 2.46. The monoisotopic (exact) mass is 590 g/mol. The third kappa shape index (κ3) is 3.77. The van der Waals surface area contributed by atoms with Gasteiger partial charge >= 0.3 is 0 Å². The van der Waals surface area contributed by atoms with E-state index in [1.54, 1.807) is 0 Å². The number of allylic oxidation sites excluding steroid dienone is 5. The first-order chi connectivity index (χ1) is 22.8. The molecule has 0 N–H and O–H groups in total. The maximum Gasteiger partial charge on any atom is 0.178 e. The first-order valence-corrected chi connectivity index (χ1v) is 16.3.